The Bertz CT molecular complexity index is 522. The lowest BCUT2D eigenvalue weighted by Gasteiger charge is -2.09. The summed E-state index contributed by atoms with van der Waals surface area (Å²) in [5.41, 5.74) is -0.0260. The summed E-state index contributed by atoms with van der Waals surface area (Å²) in [6, 6.07) is 4.85. The Labute approximate surface area is 103 Å². The summed E-state index contributed by atoms with van der Waals surface area (Å²) in [6.45, 7) is 1.52. The molecule has 1 rings (SSSR count). The van der Waals surface area contributed by atoms with Gasteiger partial charge in [-0.25, -0.2) is 0 Å². The molecule has 7 heteroatoms. The Balaban J connectivity index is 3.06. The van der Waals surface area contributed by atoms with E-state index in [0.29, 0.717) is 0 Å². The number of amides is 1. The van der Waals surface area contributed by atoms with Crippen LogP contribution >= 0.6 is 0 Å². The van der Waals surface area contributed by atoms with Gasteiger partial charge < -0.3 is 10.1 Å². The maximum Gasteiger partial charge on any atom is 0.273 e. The molecule has 1 aromatic rings. The number of non-ortho nitro benzene ring substituents is 1. The Morgan fingerprint density at radius 1 is 1.61 bits per heavy atom. The van der Waals surface area contributed by atoms with Gasteiger partial charge in [0.15, 0.2) is 0 Å². The quantitative estimate of drug-likeness (QED) is 0.638. The Kier molecular flexibility index (Phi) is 4.21. The number of hydrogen-bond donors (Lipinski definition) is 1. The van der Waals surface area contributed by atoms with Gasteiger partial charge in [0.05, 0.1) is 29.7 Å². The summed E-state index contributed by atoms with van der Waals surface area (Å²) in [7, 11) is 1.31. The van der Waals surface area contributed by atoms with Crippen LogP contribution in [0.3, 0.4) is 0 Å². The van der Waals surface area contributed by atoms with Gasteiger partial charge >= 0.3 is 0 Å². The summed E-state index contributed by atoms with van der Waals surface area (Å²) in [4.78, 5) is 21.8. The lowest BCUT2D eigenvalue weighted by molar-refractivity contribution is -0.384. The Morgan fingerprint density at radius 2 is 2.28 bits per heavy atom. The molecule has 1 amide bonds. The molecule has 0 spiro atoms. The number of ether oxygens (including phenoxy) is 1. The van der Waals surface area contributed by atoms with Crippen molar-refractivity contribution in [1.29, 1.82) is 5.26 Å². The fourth-order valence-electron chi connectivity index (χ4n) is 1.29. The Morgan fingerprint density at radius 3 is 2.78 bits per heavy atom. The smallest absolute Gasteiger partial charge is 0.273 e. The van der Waals surface area contributed by atoms with Gasteiger partial charge in [-0.3, -0.25) is 14.9 Å². The second-order valence-electron chi connectivity index (χ2n) is 3.47. The Hall–Kier alpha value is -2.62. The average molecular weight is 249 g/mol. The number of nitro groups is 1. The first-order valence-corrected chi connectivity index (χ1v) is 5.02. The van der Waals surface area contributed by atoms with Crippen LogP contribution < -0.4 is 10.1 Å². The maximum absolute atomic E-state index is 11.8. The number of nitro benzene ring substituents is 1. The number of nitriles is 1. The number of benzene rings is 1. The minimum Gasteiger partial charge on any atom is -0.496 e. The fourth-order valence-corrected chi connectivity index (χ4v) is 1.29. The van der Waals surface area contributed by atoms with Crippen molar-refractivity contribution in [2.45, 2.75) is 13.0 Å². The van der Waals surface area contributed by atoms with Gasteiger partial charge in [0.1, 0.15) is 11.8 Å². The summed E-state index contributed by atoms with van der Waals surface area (Å²) < 4.78 is 4.92. The zero-order valence-electron chi connectivity index (χ0n) is 9.84. The van der Waals surface area contributed by atoms with Gasteiger partial charge in [-0.05, 0) is 13.0 Å². The van der Waals surface area contributed by atoms with Crippen LogP contribution in [-0.2, 0) is 0 Å². The molecule has 1 unspecified atom stereocenters. The molecule has 94 valence electrons. The monoisotopic (exact) mass is 249 g/mol. The third-order valence-corrected chi connectivity index (χ3v) is 2.18. The molecule has 0 bridgehead atoms. The van der Waals surface area contributed by atoms with E-state index < -0.39 is 16.9 Å². The molecular weight excluding hydrogens is 238 g/mol. The number of carbonyl (C=O) groups is 1. The number of rotatable bonds is 4. The molecule has 0 saturated carbocycles. The van der Waals surface area contributed by atoms with Crippen LogP contribution in [-0.4, -0.2) is 24.0 Å². The molecule has 0 saturated heterocycles. The first-order chi connectivity index (χ1) is 8.49. The molecule has 0 aliphatic carbocycles. The van der Waals surface area contributed by atoms with E-state index in [1.54, 1.807) is 0 Å². The van der Waals surface area contributed by atoms with Crippen molar-refractivity contribution in [3.63, 3.8) is 0 Å². The lowest BCUT2D eigenvalue weighted by Crippen LogP contribution is -2.31. The van der Waals surface area contributed by atoms with Crippen molar-refractivity contribution in [2.24, 2.45) is 0 Å². The van der Waals surface area contributed by atoms with Crippen molar-refractivity contribution in [1.82, 2.24) is 5.32 Å². The van der Waals surface area contributed by atoms with Crippen molar-refractivity contribution in [3.05, 3.63) is 33.9 Å². The third-order valence-electron chi connectivity index (χ3n) is 2.18. The van der Waals surface area contributed by atoms with Crippen molar-refractivity contribution in [3.8, 4) is 11.8 Å². The minimum atomic E-state index is -0.655. The number of methoxy groups -OCH3 is 1. The SMILES string of the molecule is COc1cc([N+](=O)[O-])ccc1C(=O)NC(C)C#N. The summed E-state index contributed by atoms with van der Waals surface area (Å²) >= 11 is 0. The van der Waals surface area contributed by atoms with Gasteiger partial charge in [-0.1, -0.05) is 0 Å². The van der Waals surface area contributed by atoms with E-state index in [0.717, 1.165) is 6.07 Å². The highest BCUT2D eigenvalue weighted by Crippen LogP contribution is 2.24. The van der Waals surface area contributed by atoms with Crippen molar-refractivity contribution in [2.75, 3.05) is 7.11 Å². The predicted molar refractivity (Wildman–Crippen MR) is 62.2 cm³/mol. The number of nitrogens with zero attached hydrogens (tertiary/aromatic N) is 2. The summed E-state index contributed by atoms with van der Waals surface area (Å²) in [5.74, 6) is -0.428. The zero-order valence-corrected chi connectivity index (χ0v) is 9.84. The molecule has 1 aromatic carbocycles. The van der Waals surface area contributed by atoms with E-state index in [2.05, 4.69) is 5.32 Å². The van der Waals surface area contributed by atoms with Crippen LogP contribution in [0, 0.1) is 21.4 Å². The number of hydrogen-bond acceptors (Lipinski definition) is 5. The molecule has 0 aliphatic heterocycles. The number of nitrogens with one attached hydrogen (secondary N) is 1. The highest BCUT2D eigenvalue weighted by atomic mass is 16.6. The van der Waals surface area contributed by atoms with Gasteiger partial charge in [-0.2, -0.15) is 5.26 Å². The van der Waals surface area contributed by atoms with Crippen LogP contribution in [0.25, 0.3) is 0 Å². The molecule has 0 heterocycles. The average Bonchev–Trinajstić information content (AvgIpc) is 2.37. The van der Waals surface area contributed by atoms with E-state index >= 15 is 0 Å². The topological polar surface area (TPSA) is 105 Å². The van der Waals surface area contributed by atoms with Crippen molar-refractivity contribution < 1.29 is 14.5 Å². The second kappa shape index (κ2) is 5.63. The summed E-state index contributed by atoms with van der Waals surface area (Å²) in [6.07, 6.45) is 0. The molecule has 0 aliphatic rings. The van der Waals surface area contributed by atoms with Gasteiger partial charge in [0.2, 0.25) is 0 Å². The first-order valence-electron chi connectivity index (χ1n) is 5.02. The normalized spacial score (nSPS) is 11.2. The van der Waals surface area contributed by atoms with Gasteiger partial charge in [0.25, 0.3) is 11.6 Å². The minimum absolute atomic E-state index is 0.0897. The van der Waals surface area contributed by atoms with E-state index in [-0.39, 0.29) is 17.0 Å². The molecule has 0 aromatic heterocycles. The maximum atomic E-state index is 11.8. The highest BCUT2D eigenvalue weighted by Gasteiger charge is 2.17. The van der Waals surface area contributed by atoms with Gasteiger partial charge in [-0.15, -0.1) is 0 Å². The number of carbonyl (C=O) groups excluding carboxylic acids is 1. The van der Waals surface area contributed by atoms with E-state index in [4.69, 9.17) is 10.00 Å². The van der Waals surface area contributed by atoms with Crippen LogP contribution in [0.15, 0.2) is 18.2 Å². The summed E-state index contributed by atoms with van der Waals surface area (Å²) in [5, 5.41) is 21.6. The van der Waals surface area contributed by atoms with Crippen molar-refractivity contribution >= 4 is 11.6 Å². The second-order valence-corrected chi connectivity index (χ2v) is 3.47. The molecule has 0 radical (unpaired) electrons. The van der Waals surface area contributed by atoms with Crippen LogP contribution in [0.5, 0.6) is 5.75 Å². The van der Waals surface area contributed by atoms with Crippen LogP contribution in [0.2, 0.25) is 0 Å². The van der Waals surface area contributed by atoms with E-state index in [1.807, 2.05) is 6.07 Å². The largest absolute Gasteiger partial charge is 0.496 e. The third kappa shape index (κ3) is 2.95. The first kappa shape index (κ1) is 13.4. The molecule has 7 nitrogen and oxygen atoms in total. The fraction of sp³-hybridized carbons (Fsp3) is 0.273. The molecule has 0 fully saturated rings. The standard InChI is InChI=1S/C11H11N3O4/c1-7(6-12)13-11(15)9-4-3-8(14(16)17)5-10(9)18-2/h3-5,7H,1-2H3,(H,13,15). The molecular formula is C11H11N3O4. The predicted octanol–water partition coefficient (Wildman–Crippen LogP) is 1.25. The van der Waals surface area contributed by atoms with Crippen LogP contribution in [0.4, 0.5) is 5.69 Å². The van der Waals surface area contributed by atoms with E-state index in [9.17, 15) is 14.9 Å². The van der Waals surface area contributed by atoms with Gasteiger partial charge in [0, 0.05) is 6.07 Å². The molecule has 1 atom stereocenters. The van der Waals surface area contributed by atoms with Crippen LogP contribution in [0.1, 0.15) is 17.3 Å². The molecule has 18 heavy (non-hydrogen) atoms. The van der Waals surface area contributed by atoms with E-state index in [1.165, 1.54) is 26.2 Å². The lowest BCUT2D eigenvalue weighted by atomic mass is 10.1. The zero-order chi connectivity index (χ0) is 13.7. The highest BCUT2D eigenvalue weighted by molar-refractivity contribution is 5.97. The molecule has 1 N–H and O–H groups in total.